The van der Waals surface area contributed by atoms with Gasteiger partial charge >= 0.3 is 0 Å². The smallest absolute Gasteiger partial charge is 0.255 e. The van der Waals surface area contributed by atoms with Gasteiger partial charge in [0.2, 0.25) is 10.0 Å². The molecule has 10 heteroatoms. The molecule has 0 atom stereocenters. The van der Waals surface area contributed by atoms with E-state index >= 15 is 0 Å². The number of halogens is 1. The van der Waals surface area contributed by atoms with Crippen molar-refractivity contribution in [2.24, 2.45) is 0 Å². The summed E-state index contributed by atoms with van der Waals surface area (Å²) in [6, 6.07) is 7.96. The van der Waals surface area contributed by atoms with Gasteiger partial charge in [0, 0.05) is 24.3 Å². The van der Waals surface area contributed by atoms with E-state index in [1.165, 1.54) is 24.6 Å². The average molecular weight is 499 g/mol. The number of nitrogens with zero attached hydrogens (tertiary/aromatic N) is 1. The fraction of sp³-hybridized carbons (Fsp3) is 0.350. The minimum Gasteiger partial charge on any atom is -0.495 e. The summed E-state index contributed by atoms with van der Waals surface area (Å²) >= 11 is 3.37. The molecule has 0 aliphatic carbocycles. The number of nitrogens with one attached hydrogen (secondary N) is 1. The van der Waals surface area contributed by atoms with Crippen molar-refractivity contribution in [3.8, 4) is 11.5 Å². The van der Waals surface area contributed by atoms with Crippen LogP contribution < -0.4 is 14.8 Å². The molecule has 0 aromatic heterocycles. The van der Waals surface area contributed by atoms with Gasteiger partial charge in [0.1, 0.15) is 16.0 Å². The predicted octanol–water partition coefficient (Wildman–Crippen LogP) is 3.05. The molecule has 0 radical (unpaired) electrons. The molecular weight excluding hydrogens is 476 g/mol. The lowest BCUT2D eigenvalue weighted by Crippen LogP contribution is -2.40. The minimum absolute atomic E-state index is 0.160. The molecule has 0 spiro atoms. The normalized spacial score (nSPS) is 14.9. The predicted molar refractivity (Wildman–Crippen MR) is 116 cm³/mol. The maximum Gasteiger partial charge on any atom is 0.255 e. The Morgan fingerprint density at radius 1 is 1.10 bits per heavy atom. The lowest BCUT2D eigenvalue weighted by molar-refractivity contribution is 0.0730. The summed E-state index contributed by atoms with van der Waals surface area (Å²) in [5, 5.41) is 2.75. The van der Waals surface area contributed by atoms with Gasteiger partial charge in [-0.25, -0.2) is 8.42 Å². The Hall–Kier alpha value is -2.14. The van der Waals surface area contributed by atoms with Gasteiger partial charge in [-0.1, -0.05) is 6.07 Å². The molecule has 8 nitrogen and oxygen atoms in total. The van der Waals surface area contributed by atoms with Crippen LogP contribution in [0.3, 0.4) is 0 Å². The average Bonchev–Trinajstić information content (AvgIpc) is 2.75. The molecule has 1 aliphatic heterocycles. The van der Waals surface area contributed by atoms with E-state index in [9.17, 15) is 13.2 Å². The van der Waals surface area contributed by atoms with Crippen molar-refractivity contribution in [2.75, 3.05) is 45.8 Å². The number of anilines is 1. The van der Waals surface area contributed by atoms with E-state index in [1.54, 1.807) is 31.2 Å². The van der Waals surface area contributed by atoms with Crippen LogP contribution in [0.2, 0.25) is 0 Å². The number of ether oxygens (including phenoxy) is 3. The number of hydrogen-bond donors (Lipinski definition) is 1. The largest absolute Gasteiger partial charge is 0.495 e. The van der Waals surface area contributed by atoms with Crippen LogP contribution in [0.5, 0.6) is 11.5 Å². The number of methoxy groups -OCH3 is 2. The van der Waals surface area contributed by atoms with E-state index < -0.39 is 15.9 Å². The lowest BCUT2D eigenvalue weighted by atomic mass is 10.1. The first kappa shape index (κ1) is 22.5. The molecule has 2 aromatic rings. The molecule has 1 fully saturated rings. The van der Waals surface area contributed by atoms with E-state index in [2.05, 4.69) is 21.2 Å². The summed E-state index contributed by atoms with van der Waals surface area (Å²) in [5.74, 6) is 0.468. The minimum atomic E-state index is -3.69. The van der Waals surface area contributed by atoms with Crippen LogP contribution in [0.15, 0.2) is 39.7 Å². The van der Waals surface area contributed by atoms with Crippen molar-refractivity contribution in [3.05, 3.63) is 45.9 Å². The second-order valence-corrected chi connectivity index (χ2v) is 9.34. The Kier molecular flexibility index (Phi) is 7.02. The van der Waals surface area contributed by atoms with Crippen LogP contribution in [0.25, 0.3) is 0 Å². The Bertz CT molecular complexity index is 1030. The third-order valence-corrected chi connectivity index (χ3v) is 7.56. The van der Waals surface area contributed by atoms with E-state index in [4.69, 9.17) is 14.2 Å². The first-order valence-electron chi connectivity index (χ1n) is 9.19. The molecule has 0 saturated carbocycles. The zero-order valence-corrected chi connectivity index (χ0v) is 19.3. The summed E-state index contributed by atoms with van der Waals surface area (Å²) < 4.78 is 43.9. The van der Waals surface area contributed by atoms with E-state index in [0.717, 1.165) is 0 Å². The molecule has 162 valence electrons. The van der Waals surface area contributed by atoms with Gasteiger partial charge < -0.3 is 19.5 Å². The van der Waals surface area contributed by atoms with Gasteiger partial charge in [0.15, 0.2) is 0 Å². The first-order valence-corrected chi connectivity index (χ1v) is 11.4. The third kappa shape index (κ3) is 4.61. The van der Waals surface area contributed by atoms with Crippen LogP contribution in [0.4, 0.5) is 5.69 Å². The number of sulfonamides is 1. The van der Waals surface area contributed by atoms with Gasteiger partial charge in [-0.2, -0.15) is 4.31 Å². The molecule has 2 aromatic carbocycles. The number of aryl methyl sites for hydroxylation is 1. The number of carbonyl (C=O) groups is 1. The first-order chi connectivity index (χ1) is 14.3. The molecule has 1 aliphatic rings. The summed E-state index contributed by atoms with van der Waals surface area (Å²) in [7, 11) is -0.707. The van der Waals surface area contributed by atoms with Crippen molar-refractivity contribution >= 4 is 37.5 Å². The Balaban J connectivity index is 1.89. The third-order valence-electron chi connectivity index (χ3n) is 4.74. The standard InChI is InChI=1S/C20H23BrN2O6S/c1-13-4-5-15(12-18(13)30(25,26)23-6-8-29-9-7-23)22-20(24)14-10-16(27-2)19(21)17(11-14)28-3/h4-5,10-12H,6-9H2,1-3H3,(H,22,24). The number of rotatable bonds is 6. The van der Waals surface area contributed by atoms with E-state index in [0.29, 0.717) is 59.1 Å². The fourth-order valence-electron chi connectivity index (χ4n) is 3.09. The Labute approximate surface area is 184 Å². The molecule has 0 bridgehead atoms. The van der Waals surface area contributed by atoms with Gasteiger partial charge in [0.05, 0.1) is 32.3 Å². The number of carbonyl (C=O) groups excluding carboxylic acids is 1. The van der Waals surface area contributed by atoms with Crippen LogP contribution in [-0.4, -0.2) is 59.2 Å². The summed E-state index contributed by atoms with van der Waals surface area (Å²) in [6.07, 6.45) is 0. The highest BCUT2D eigenvalue weighted by atomic mass is 79.9. The highest BCUT2D eigenvalue weighted by Crippen LogP contribution is 2.36. The zero-order chi connectivity index (χ0) is 21.9. The zero-order valence-electron chi connectivity index (χ0n) is 16.9. The van der Waals surface area contributed by atoms with Crippen molar-refractivity contribution < 1.29 is 27.4 Å². The molecule has 1 heterocycles. The summed E-state index contributed by atoms with van der Waals surface area (Å²) in [5.41, 5.74) is 1.29. The topological polar surface area (TPSA) is 94.2 Å². The lowest BCUT2D eigenvalue weighted by Gasteiger charge is -2.26. The Morgan fingerprint density at radius 3 is 2.27 bits per heavy atom. The maximum atomic E-state index is 13.0. The van der Waals surface area contributed by atoms with Crippen molar-refractivity contribution in [1.29, 1.82) is 0 Å². The molecule has 1 amide bonds. The van der Waals surface area contributed by atoms with Crippen LogP contribution in [0, 0.1) is 6.92 Å². The monoisotopic (exact) mass is 498 g/mol. The van der Waals surface area contributed by atoms with Crippen molar-refractivity contribution in [3.63, 3.8) is 0 Å². The maximum absolute atomic E-state index is 13.0. The summed E-state index contributed by atoms with van der Waals surface area (Å²) in [6.45, 7) is 3.06. The van der Waals surface area contributed by atoms with Gasteiger partial charge in [0.25, 0.3) is 5.91 Å². The van der Waals surface area contributed by atoms with E-state index in [-0.39, 0.29) is 4.90 Å². The molecule has 1 N–H and O–H groups in total. The molecule has 30 heavy (non-hydrogen) atoms. The second kappa shape index (κ2) is 9.34. The van der Waals surface area contributed by atoms with Gasteiger partial charge in [-0.3, -0.25) is 4.79 Å². The van der Waals surface area contributed by atoms with Crippen molar-refractivity contribution in [1.82, 2.24) is 4.31 Å². The van der Waals surface area contributed by atoms with E-state index in [1.807, 2.05) is 0 Å². The van der Waals surface area contributed by atoms with Crippen LogP contribution in [-0.2, 0) is 14.8 Å². The quantitative estimate of drug-likeness (QED) is 0.657. The van der Waals surface area contributed by atoms with Crippen LogP contribution >= 0.6 is 15.9 Å². The highest BCUT2D eigenvalue weighted by Gasteiger charge is 2.28. The van der Waals surface area contributed by atoms with Gasteiger partial charge in [-0.15, -0.1) is 0 Å². The molecule has 1 saturated heterocycles. The van der Waals surface area contributed by atoms with Gasteiger partial charge in [-0.05, 0) is 52.7 Å². The second-order valence-electron chi connectivity index (χ2n) is 6.65. The number of morpholine rings is 1. The molecule has 3 rings (SSSR count). The van der Waals surface area contributed by atoms with Crippen LogP contribution in [0.1, 0.15) is 15.9 Å². The number of hydrogen-bond acceptors (Lipinski definition) is 6. The highest BCUT2D eigenvalue weighted by molar-refractivity contribution is 9.10. The van der Waals surface area contributed by atoms with Crippen molar-refractivity contribution in [2.45, 2.75) is 11.8 Å². The SMILES string of the molecule is COc1cc(C(=O)Nc2ccc(C)c(S(=O)(=O)N3CCOCC3)c2)cc(OC)c1Br. The molecular formula is C20H23BrN2O6S. The Morgan fingerprint density at radius 2 is 1.70 bits per heavy atom. The summed E-state index contributed by atoms with van der Waals surface area (Å²) in [4.78, 5) is 13.0. The molecule has 0 unspecified atom stereocenters. The fourth-order valence-corrected chi connectivity index (χ4v) is 5.30. The number of benzene rings is 2. The number of amides is 1.